The van der Waals surface area contributed by atoms with Crippen molar-refractivity contribution in [3.05, 3.63) is 23.8 Å². The summed E-state index contributed by atoms with van der Waals surface area (Å²) in [7, 11) is -3.94. The molecule has 1 aliphatic rings. The topological polar surface area (TPSA) is 114 Å². The van der Waals surface area contributed by atoms with Gasteiger partial charge in [-0.05, 0) is 12.1 Å². The molecule has 8 heteroatoms. The number of nitrogens with zero attached hydrogens (tertiary/aromatic N) is 1. The number of nitrogens with one attached hydrogen (secondary N) is 1. The highest BCUT2D eigenvalue weighted by Crippen LogP contribution is 2.28. The lowest BCUT2D eigenvalue weighted by Crippen LogP contribution is -2.26. The summed E-state index contributed by atoms with van der Waals surface area (Å²) in [5.41, 5.74) is 0.229. The fourth-order valence-corrected chi connectivity index (χ4v) is 2.43. The first kappa shape index (κ1) is 14.6. The van der Waals surface area contributed by atoms with Gasteiger partial charge in [-0.25, -0.2) is 5.14 Å². The maximum Gasteiger partial charge on any atom is 0.296 e. The summed E-state index contributed by atoms with van der Waals surface area (Å²) >= 11 is 0. The van der Waals surface area contributed by atoms with E-state index in [1.54, 1.807) is 12.1 Å². The van der Waals surface area contributed by atoms with Crippen LogP contribution in [0.1, 0.15) is 18.4 Å². The monoisotopic (exact) mass is 297 g/mol. The Morgan fingerprint density at radius 1 is 1.40 bits per heavy atom. The fourth-order valence-electron chi connectivity index (χ4n) is 1.96. The first-order chi connectivity index (χ1) is 9.49. The van der Waals surface area contributed by atoms with E-state index < -0.39 is 10.2 Å². The van der Waals surface area contributed by atoms with Gasteiger partial charge in [0.05, 0.1) is 18.9 Å². The molecule has 0 bridgehead atoms. The third-order valence-corrected chi connectivity index (χ3v) is 3.36. The highest BCUT2D eigenvalue weighted by Gasteiger charge is 2.19. The summed E-state index contributed by atoms with van der Waals surface area (Å²) in [5.74, 6) is 0.341. The smallest absolute Gasteiger partial charge is 0.296 e. The van der Waals surface area contributed by atoms with Gasteiger partial charge < -0.3 is 9.47 Å². The molecule has 1 aliphatic heterocycles. The van der Waals surface area contributed by atoms with E-state index in [2.05, 4.69) is 4.72 Å². The van der Waals surface area contributed by atoms with Crippen molar-refractivity contribution in [1.82, 2.24) is 0 Å². The van der Waals surface area contributed by atoms with Crippen molar-refractivity contribution in [1.29, 1.82) is 5.26 Å². The summed E-state index contributed by atoms with van der Waals surface area (Å²) in [6, 6.07) is 6.62. The summed E-state index contributed by atoms with van der Waals surface area (Å²) in [5, 5.41) is 14.1. The standard InChI is InChI=1S/C12H15N3O4S/c13-8-10-11(15-20(14,16)17)2-1-3-12(10)19-9-4-6-18-7-5-9/h1-3,9,15H,4-7H2,(H2,14,16,17). The zero-order valence-corrected chi connectivity index (χ0v) is 11.5. The molecule has 0 unspecified atom stereocenters. The van der Waals surface area contributed by atoms with Crippen molar-refractivity contribution in [3.63, 3.8) is 0 Å². The lowest BCUT2D eigenvalue weighted by molar-refractivity contribution is 0.0255. The minimum Gasteiger partial charge on any atom is -0.489 e. The Balaban J connectivity index is 2.24. The zero-order chi connectivity index (χ0) is 14.6. The highest BCUT2D eigenvalue weighted by molar-refractivity contribution is 7.90. The van der Waals surface area contributed by atoms with Gasteiger partial charge in [-0.1, -0.05) is 6.07 Å². The number of rotatable bonds is 4. The maximum atomic E-state index is 11.1. The van der Waals surface area contributed by atoms with Crippen LogP contribution in [-0.4, -0.2) is 27.7 Å². The van der Waals surface area contributed by atoms with Gasteiger partial charge in [0.15, 0.2) is 0 Å². The van der Waals surface area contributed by atoms with Crippen molar-refractivity contribution >= 4 is 15.9 Å². The molecule has 0 amide bonds. The summed E-state index contributed by atoms with van der Waals surface area (Å²) in [6.07, 6.45) is 1.43. The largest absolute Gasteiger partial charge is 0.489 e. The van der Waals surface area contributed by atoms with Crippen LogP contribution in [0.2, 0.25) is 0 Å². The molecule has 0 radical (unpaired) electrons. The molecule has 1 fully saturated rings. The average molecular weight is 297 g/mol. The van der Waals surface area contributed by atoms with Crippen molar-refractivity contribution < 1.29 is 17.9 Å². The van der Waals surface area contributed by atoms with Crippen LogP contribution in [0.25, 0.3) is 0 Å². The summed E-state index contributed by atoms with van der Waals surface area (Å²) < 4.78 is 35.2. The molecule has 0 aliphatic carbocycles. The van der Waals surface area contributed by atoms with E-state index >= 15 is 0 Å². The Labute approximate surface area is 117 Å². The summed E-state index contributed by atoms with van der Waals surface area (Å²) in [4.78, 5) is 0. The Bertz CT molecular complexity index is 618. The van der Waals surface area contributed by atoms with Crippen LogP contribution in [0.15, 0.2) is 18.2 Å². The number of hydrogen-bond acceptors (Lipinski definition) is 5. The second kappa shape index (κ2) is 6.09. The number of nitrogens with two attached hydrogens (primary N) is 1. The van der Waals surface area contributed by atoms with Gasteiger partial charge in [0.2, 0.25) is 0 Å². The van der Waals surface area contributed by atoms with E-state index in [0.717, 1.165) is 12.8 Å². The van der Waals surface area contributed by atoms with Crippen LogP contribution < -0.4 is 14.6 Å². The quantitative estimate of drug-likeness (QED) is 0.850. The molecular formula is C12H15N3O4S. The van der Waals surface area contributed by atoms with Crippen LogP contribution in [0.5, 0.6) is 5.75 Å². The van der Waals surface area contributed by atoms with E-state index in [-0.39, 0.29) is 17.4 Å². The Morgan fingerprint density at radius 3 is 2.70 bits per heavy atom. The van der Waals surface area contributed by atoms with Crippen LogP contribution >= 0.6 is 0 Å². The zero-order valence-electron chi connectivity index (χ0n) is 10.7. The number of ether oxygens (including phenoxy) is 2. The Kier molecular flexibility index (Phi) is 4.44. The van der Waals surface area contributed by atoms with E-state index in [1.165, 1.54) is 6.07 Å². The van der Waals surface area contributed by atoms with Crippen molar-refractivity contribution in [2.75, 3.05) is 17.9 Å². The van der Waals surface area contributed by atoms with Crippen LogP contribution in [-0.2, 0) is 14.9 Å². The van der Waals surface area contributed by atoms with Gasteiger partial charge in [0.1, 0.15) is 23.5 Å². The van der Waals surface area contributed by atoms with Gasteiger partial charge in [0.25, 0.3) is 10.2 Å². The average Bonchev–Trinajstić information content (AvgIpc) is 2.38. The first-order valence-corrected chi connectivity index (χ1v) is 7.62. The molecule has 108 valence electrons. The third kappa shape index (κ3) is 3.84. The molecule has 1 aromatic rings. The molecular weight excluding hydrogens is 282 g/mol. The normalized spacial score (nSPS) is 16.4. The molecule has 0 aromatic heterocycles. The van der Waals surface area contributed by atoms with Crippen molar-refractivity contribution in [2.24, 2.45) is 5.14 Å². The molecule has 2 rings (SSSR count). The minimum absolute atomic E-state index is 0.0411. The lowest BCUT2D eigenvalue weighted by Gasteiger charge is -2.24. The molecule has 3 N–H and O–H groups in total. The molecule has 1 aromatic carbocycles. The van der Waals surface area contributed by atoms with Gasteiger partial charge in [0, 0.05) is 12.8 Å². The summed E-state index contributed by atoms with van der Waals surface area (Å²) in [6.45, 7) is 1.23. The van der Waals surface area contributed by atoms with Gasteiger partial charge in [-0.15, -0.1) is 0 Å². The van der Waals surface area contributed by atoms with E-state index in [9.17, 15) is 13.7 Å². The van der Waals surface area contributed by atoms with Gasteiger partial charge >= 0.3 is 0 Å². The molecule has 1 heterocycles. The van der Waals surface area contributed by atoms with Gasteiger partial charge in [-0.3, -0.25) is 4.72 Å². The molecule has 0 atom stereocenters. The minimum atomic E-state index is -3.94. The number of anilines is 1. The predicted molar refractivity (Wildman–Crippen MR) is 72.4 cm³/mol. The maximum absolute atomic E-state index is 11.1. The molecule has 1 saturated heterocycles. The molecule has 0 saturated carbocycles. The van der Waals surface area contributed by atoms with E-state index in [0.29, 0.717) is 19.0 Å². The predicted octanol–water partition coefficient (Wildman–Crippen LogP) is 0.731. The second-order valence-electron chi connectivity index (χ2n) is 4.37. The number of benzene rings is 1. The van der Waals surface area contributed by atoms with Crippen LogP contribution in [0.3, 0.4) is 0 Å². The number of hydrogen-bond donors (Lipinski definition) is 2. The Morgan fingerprint density at radius 2 is 2.10 bits per heavy atom. The van der Waals surface area contributed by atoms with Crippen molar-refractivity contribution in [3.8, 4) is 11.8 Å². The highest BCUT2D eigenvalue weighted by atomic mass is 32.2. The van der Waals surface area contributed by atoms with E-state index in [4.69, 9.17) is 14.6 Å². The van der Waals surface area contributed by atoms with Crippen LogP contribution in [0.4, 0.5) is 5.69 Å². The Hall–Kier alpha value is -1.82. The fraction of sp³-hybridized carbons (Fsp3) is 0.417. The second-order valence-corrected chi connectivity index (χ2v) is 5.66. The first-order valence-electron chi connectivity index (χ1n) is 6.07. The van der Waals surface area contributed by atoms with Gasteiger partial charge in [-0.2, -0.15) is 13.7 Å². The SMILES string of the molecule is N#Cc1c(NS(N)(=O)=O)cccc1OC1CCOCC1. The number of nitriles is 1. The van der Waals surface area contributed by atoms with Crippen molar-refractivity contribution in [2.45, 2.75) is 18.9 Å². The lowest BCUT2D eigenvalue weighted by atomic mass is 10.1. The van der Waals surface area contributed by atoms with E-state index in [1.807, 2.05) is 6.07 Å². The molecule has 7 nitrogen and oxygen atoms in total. The van der Waals surface area contributed by atoms with Crippen LogP contribution in [0, 0.1) is 11.3 Å². The molecule has 20 heavy (non-hydrogen) atoms. The third-order valence-electron chi connectivity index (χ3n) is 2.85. The molecule has 0 spiro atoms.